The minimum absolute atomic E-state index is 0.375. The lowest BCUT2D eigenvalue weighted by atomic mass is 10.4. The van der Waals surface area contributed by atoms with Gasteiger partial charge in [0.05, 0.1) is 10.0 Å². The molecule has 0 aliphatic rings. The molecule has 0 fully saturated rings. The summed E-state index contributed by atoms with van der Waals surface area (Å²) in [6.45, 7) is 0. The topological polar surface area (TPSA) is 66.2 Å². The Hall–Kier alpha value is -0.750. The van der Waals surface area contributed by atoms with Crippen molar-refractivity contribution in [2.45, 2.75) is 0 Å². The first-order valence-corrected chi connectivity index (χ1v) is 4.57. The summed E-state index contributed by atoms with van der Waals surface area (Å²) in [6, 6.07) is 1.57. The molecule has 1 aromatic rings. The number of hydrogen-bond acceptors (Lipinski definition) is 5. The average Bonchev–Trinajstić information content (AvgIpc) is 2.09. The van der Waals surface area contributed by atoms with Crippen LogP contribution >= 0.6 is 23.2 Å². The van der Waals surface area contributed by atoms with Crippen LogP contribution in [0.4, 0.5) is 11.6 Å². The lowest BCUT2D eigenvalue weighted by Gasteiger charge is -2.15. The van der Waals surface area contributed by atoms with E-state index in [0.717, 1.165) is 0 Å². The van der Waals surface area contributed by atoms with E-state index in [1.165, 1.54) is 0 Å². The minimum atomic E-state index is 0.375. The monoisotopic (exact) mass is 235 g/mol. The Labute approximate surface area is 92.1 Å². The second-order valence-corrected chi connectivity index (χ2v) is 3.61. The number of nitrogens with two attached hydrogens (primary N) is 1. The predicted molar refractivity (Wildman–Crippen MR) is 59.4 cm³/mol. The van der Waals surface area contributed by atoms with Crippen LogP contribution in [0.2, 0.25) is 10.0 Å². The van der Waals surface area contributed by atoms with E-state index in [0.29, 0.717) is 21.7 Å². The fourth-order valence-corrected chi connectivity index (χ4v) is 1.31. The fourth-order valence-electron chi connectivity index (χ4n) is 0.858. The number of hydrogen-bond donors (Lipinski definition) is 3. The van der Waals surface area contributed by atoms with Crippen molar-refractivity contribution in [1.29, 1.82) is 0 Å². The molecular formula is C7H11Cl2N5. The number of rotatable bonds is 3. The molecule has 0 saturated heterocycles. The molecule has 4 N–H and O–H groups in total. The molecule has 0 spiro atoms. The van der Waals surface area contributed by atoms with Crippen LogP contribution in [0.3, 0.4) is 0 Å². The highest BCUT2D eigenvalue weighted by molar-refractivity contribution is 6.37. The van der Waals surface area contributed by atoms with Gasteiger partial charge in [0, 0.05) is 14.1 Å². The standard InChI is InChI=1S/C7H11Cl2N5/c1-14(2)13-7-5(9)3-4(8)6(11-7)12-10/h3H,10H2,1-2H3,(H2,11,12,13). The summed E-state index contributed by atoms with van der Waals surface area (Å²) in [5.41, 5.74) is 5.29. The van der Waals surface area contributed by atoms with E-state index < -0.39 is 0 Å². The summed E-state index contributed by atoms with van der Waals surface area (Å²) in [6.07, 6.45) is 0. The molecule has 7 heteroatoms. The van der Waals surface area contributed by atoms with Gasteiger partial charge in [-0.25, -0.2) is 15.8 Å². The molecule has 0 aromatic carbocycles. The summed E-state index contributed by atoms with van der Waals surface area (Å²) < 4.78 is 0. The van der Waals surface area contributed by atoms with Gasteiger partial charge in [0.2, 0.25) is 0 Å². The number of hydrazine groups is 2. The van der Waals surface area contributed by atoms with Crippen LogP contribution in [0.1, 0.15) is 0 Å². The molecule has 0 atom stereocenters. The molecule has 1 rings (SSSR count). The molecule has 0 aliphatic heterocycles. The van der Waals surface area contributed by atoms with Gasteiger partial charge < -0.3 is 10.9 Å². The van der Waals surface area contributed by atoms with E-state index in [4.69, 9.17) is 29.0 Å². The second kappa shape index (κ2) is 4.65. The van der Waals surface area contributed by atoms with Gasteiger partial charge in [-0.15, -0.1) is 0 Å². The zero-order chi connectivity index (χ0) is 10.7. The number of anilines is 2. The Morgan fingerprint density at radius 1 is 1.29 bits per heavy atom. The van der Waals surface area contributed by atoms with Crippen LogP contribution in [0.5, 0.6) is 0 Å². The normalized spacial score (nSPS) is 10.4. The third-order valence-corrected chi connectivity index (χ3v) is 1.97. The molecule has 5 nitrogen and oxygen atoms in total. The van der Waals surface area contributed by atoms with Gasteiger partial charge >= 0.3 is 0 Å². The highest BCUT2D eigenvalue weighted by atomic mass is 35.5. The Balaban J connectivity index is 3.04. The number of nitrogen functional groups attached to an aromatic ring is 1. The molecule has 0 aliphatic carbocycles. The van der Waals surface area contributed by atoms with Crippen LogP contribution in [0, 0.1) is 0 Å². The molecule has 0 amide bonds. The maximum Gasteiger partial charge on any atom is 0.161 e. The zero-order valence-corrected chi connectivity index (χ0v) is 9.32. The molecule has 1 aromatic heterocycles. The number of nitrogens with zero attached hydrogens (tertiary/aromatic N) is 2. The van der Waals surface area contributed by atoms with Gasteiger partial charge in [-0.05, 0) is 6.07 Å². The molecular weight excluding hydrogens is 225 g/mol. The van der Waals surface area contributed by atoms with Crippen LogP contribution in [-0.4, -0.2) is 24.1 Å². The van der Waals surface area contributed by atoms with Gasteiger partial charge in [-0.2, -0.15) is 0 Å². The Bertz CT molecular complexity index is 328. The van der Waals surface area contributed by atoms with E-state index in [-0.39, 0.29) is 0 Å². The van der Waals surface area contributed by atoms with Gasteiger partial charge in [0.15, 0.2) is 11.6 Å². The van der Waals surface area contributed by atoms with Crippen molar-refractivity contribution in [2.75, 3.05) is 24.9 Å². The maximum atomic E-state index is 5.90. The van der Waals surface area contributed by atoms with Crippen molar-refractivity contribution in [3.05, 3.63) is 16.1 Å². The van der Waals surface area contributed by atoms with Crippen LogP contribution in [0.15, 0.2) is 6.07 Å². The first-order chi connectivity index (χ1) is 6.54. The summed E-state index contributed by atoms with van der Waals surface area (Å²) >= 11 is 11.7. The number of aromatic nitrogens is 1. The van der Waals surface area contributed by atoms with Crippen LogP contribution < -0.4 is 16.7 Å². The summed E-state index contributed by atoms with van der Waals surface area (Å²) in [5.74, 6) is 6.09. The molecule has 0 saturated carbocycles. The largest absolute Gasteiger partial charge is 0.307 e. The SMILES string of the molecule is CN(C)Nc1nc(NN)c(Cl)cc1Cl. The van der Waals surface area contributed by atoms with Crippen molar-refractivity contribution in [3.8, 4) is 0 Å². The van der Waals surface area contributed by atoms with E-state index in [9.17, 15) is 0 Å². The number of pyridine rings is 1. The lowest BCUT2D eigenvalue weighted by Crippen LogP contribution is -2.21. The van der Waals surface area contributed by atoms with Crippen molar-refractivity contribution in [3.63, 3.8) is 0 Å². The van der Waals surface area contributed by atoms with Crippen LogP contribution in [0.25, 0.3) is 0 Å². The third-order valence-electron chi connectivity index (χ3n) is 1.40. The Morgan fingerprint density at radius 2 is 1.86 bits per heavy atom. The first kappa shape index (κ1) is 11.3. The highest BCUT2D eigenvalue weighted by Gasteiger charge is 2.08. The molecule has 78 valence electrons. The second-order valence-electron chi connectivity index (χ2n) is 2.80. The quantitative estimate of drug-likeness (QED) is 0.549. The van der Waals surface area contributed by atoms with E-state index in [1.54, 1.807) is 11.1 Å². The third kappa shape index (κ3) is 2.62. The van der Waals surface area contributed by atoms with Crippen molar-refractivity contribution in [1.82, 2.24) is 9.99 Å². The Kier molecular flexibility index (Phi) is 3.77. The van der Waals surface area contributed by atoms with E-state index in [2.05, 4.69) is 15.8 Å². The summed E-state index contributed by atoms with van der Waals surface area (Å²) in [5, 5.41) is 2.52. The Morgan fingerprint density at radius 3 is 2.36 bits per heavy atom. The van der Waals surface area contributed by atoms with Crippen molar-refractivity contribution < 1.29 is 0 Å². The van der Waals surface area contributed by atoms with Gasteiger partial charge in [-0.1, -0.05) is 23.2 Å². The van der Waals surface area contributed by atoms with Gasteiger partial charge in [0.25, 0.3) is 0 Å². The fraction of sp³-hybridized carbons (Fsp3) is 0.286. The molecule has 0 unspecified atom stereocenters. The highest BCUT2D eigenvalue weighted by Crippen LogP contribution is 2.28. The average molecular weight is 236 g/mol. The first-order valence-electron chi connectivity index (χ1n) is 3.81. The van der Waals surface area contributed by atoms with Crippen LogP contribution in [-0.2, 0) is 0 Å². The lowest BCUT2D eigenvalue weighted by molar-refractivity contribution is 0.492. The molecule has 14 heavy (non-hydrogen) atoms. The summed E-state index contributed by atoms with van der Waals surface area (Å²) in [4.78, 5) is 4.08. The predicted octanol–water partition coefficient (Wildman–Crippen LogP) is 1.56. The molecule has 0 bridgehead atoms. The van der Waals surface area contributed by atoms with Gasteiger partial charge in [-0.3, -0.25) is 0 Å². The van der Waals surface area contributed by atoms with E-state index >= 15 is 0 Å². The molecule has 1 heterocycles. The number of nitrogens with one attached hydrogen (secondary N) is 2. The van der Waals surface area contributed by atoms with Crippen molar-refractivity contribution >= 4 is 34.8 Å². The maximum absolute atomic E-state index is 5.90. The van der Waals surface area contributed by atoms with Gasteiger partial charge in [0.1, 0.15) is 0 Å². The zero-order valence-electron chi connectivity index (χ0n) is 7.81. The smallest absolute Gasteiger partial charge is 0.161 e. The van der Waals surface area contributed by atoms with Crippen molar-refractivity contribution in [2.24, 2.45) is 5.84 Å². The minimum Gasteiger partial charge on any atom is -0.307 e. The molecule has 0 radical (unpaired) electrons. The summed E-state index contributed by atoms with van der Waals surface area (Å²) in [7, 11) is 3.64. The number of halogens is 2. The van der Waals surface area contributed by atoms with E-state index in [1.807, 2.05) is 14.1 Å².